The van der Waals surface area contributed by atoms with Gasteiger partial charge in [0, 0.05) is 29.8 Å². The lowest BCUT2D eigenvalue weighted by Gasteiger charge is -2.25. The highest BCUT2D eigenvalue weighted by Gasteiger charge is 2.41. The van der Waals surface area contributed by atoms with E-state index in [1.807, 2.05) is 62.6 Å². The highest BCUT2D eigenvalue weighted by molar-refractivity contribution is 8.02. The summed E-state index contributed by atoms with van der Waals surface area (Å²) < 4.78 is 11.5. The number of ether oxygens (including phenoxy) is 2. The molecule has 1 aliphatic carbocycles. The minimum atomic E-state index is -1.34. The Morgan fingerprint density at radius 3 is 2.34 bits per heavy atom. The Bertz CT molecular complexity index is 1330. The Morgan fingerprint density at radius 2 is 1.76 bits per heavy atom. The van der Waals surface area contributed by atoms with Gasteiger partial charge in [-0.3, -0.25) is 4.79 Å². The van der Waals surface area contributed by atoms with Crippen molar-refractivity contribution >= 4 is 29.6 Å². The van der Waals surface area contributed by atoms with E-state index in [0.29, 0.717) is 31.0 Å². The Morgan fingerprint density at radius 1 is 1.07 bits per heavy atom. The molecule has 2 aromatic rings. The second-order valence-electron chi connectivity index (χ2n) is 11.4. The van der Waals surface area contributed by atoms with E-state index in [-0.39, 0.29) is 23.5 Å². The van der Waals surface area contributed by atoms with Crippen molar-refractivity contribution in [2.24, 2.45) is 17.8 Å². The molecule has 218 valence electrons. The lowest BCUT2D eigenvalue weighted by Crippen LogP contribution is -2.38. The van der Waals surface area contributed by atoms with E-state index in [9.17, 15) is 19.5 Å². The minimum absolute atomic E-state index is 0.00682. The largest absolute Gasteiger partial charge is 0.478 e. The van der Waals surface area contributed by atoms with Crippen LogP contribution >= 0.6 is 11.8 Å². The van der Waals surface area contributed by atoms with Gasteiger partial charge in [-0.1, -0.05) is 48.6 Å². The Hall–Kier alpha value is -3.52. The zero-order valence-electron chi connectivity index (χ0n) is 24.4. The number of Topliss-reactive ketones (excluding diaryl/α,β-unsaturated/α-hetero) is 1. The lowest BCUT2D eigenvalue weighted by molar-refractivity contribution is -0.152. The summed E-state index contributed by atoms with van der Waals surface area (Å²) in [6.45, 7) is 7.70. The van der Waals surface area contributed by atoms with Gasteiger partial charge in [0.1, 0.15) is 17.3 Å². The first-order valence-electron chi connectivity index (χ1n) is 14.0. The number of carboxylic acids is 1. The molecule has 0 bridgehead atoms. The van der Waals surface area contributed by atoms with E-state index in [1.54, 1.807) is 28.8 Å². The number of benzene rings is 2. The van der Waals surface area contributed by atoms with Gasteiger partial charge in [-0.2, -0.15) is 0 Å². The number of hydrogen-bond donors (Lipinski definition) is 1. The standard InChI is InChI=1S/C33H39NO6S/c1-21-17-23(18-22(2)30(21)40-33(3,4)31(36)37)11-12-25-19-34(32(38)39-26-9-7-6-8-10-26)20-28(25)29(35)24-13-15-27(41-5)16-14-24/h6-10,13,15-18,24-25,28H,11-12,14,19-20H2,1-5H3,(H,36,37)/t24?,25-,28-/m1/s1. The van der Waals surface area contributed by atoms with Crippen LogP contribution in [0.1, 0.15) is 43.4 Å². The highest BCUT2D eigenvalue weighted by atomic mass is 32.2. The first-order chi connectivity index (χ1) is 19.5. The molecule has 1 fully saturated rings. The monoisotopic (exact) mass is 577 g/mol. The SMILES string of the molecule is CSC1=CCC(C(=O)[C@@H]2CN(C(=O)Oc3ccccc3)C[C@H]2CCc2cc(C)c(OC(C)(C)C(=O)O)c(C)c2)C=C1. The molecule has 4 rings (SSSR count). The van der Waals surface area contributed by atoms with Crippen molar-refractivity contribution in [1.29, 1.82) is 0 Å². The number of likely N-dealkylation sites (tertiary alicyclic amines) is 1. The van der Waals surface area contributed by atoms with Gasteiger partial charge < -0.3 is 19.5 Å². The summed E-state index contributed by atoms with van der Waals surface area (Å²) in [6, 6.07) is 13.0. The maximum atomic E-state index is 13.8. The number of aliphatic carboxylic acids is 1. The van der Waals surface area contributed by atoms with E-state index in [4.69, 9.17) is 9.47 Å². The third-order valence-electron chi connectivity index (χ3n) is 7.88. The van der Waals surface area contributed by atoms with E-state index in [2.05, 4.69) is 6.08 Å². The minimum Gasteiger partial charge on any atom is -0.478 e. The Kier molecular flexibility index (Phi) is 9.64. The predicted octanol–water partition coefficient (Wildman–Crippen LogP) is 6.62. The van der Waals surface area contributed by atoms with Gasteiger partial charge in [-0.15, -0.1) is 11.8 Å². The summed E-state index contributed by atoms with van der Waals surface area (Å²) in [4.78, 5) is 41.2. The van der Waals surface area contributed by atoms with Gasteiger partial charge >= 0.3 is 12.1 Å². The number of ketones is 1. The maximum Gasteiger partial charge on any atom is 0.415 e. The van der Waals surface area contributed by atoms with Crippen molar-refractivity contribution in [3.8, 4) is 11.5 Å². The predicted molar refractivity (Wildman–Crippen MR) is 161 cm³/mol. The van der Waals surface area contributed by atoms with Gasteiger partial charge in [0.2, 0.25) is 0 Å². The smallest absolute Gasteiger partial charge is 0.415 e. The molecule has 0 aromatic heterocycles. The summed E-state index contributed by atoms with van der Waals surface area (Å²) in [6.07, 6.45) is 9.84. The van der Waals surface area contributed by atoms with Crippen molar-refractivity contribution in [3.63, 3.8) is 0 Å². The summed E-state index contributed by atoms with van der Waals surface area (Å²) in [5.41, 5.74) is 1.48. The van der Waals surface area contributed by atoms with Crippen LogP contribution in [0.2, 0.25) is 0 Å². The fraction of sp³-hybridized carbons (Fsp3) is 0.424. The summed E-state index contributed by atoms with van der Waals surface area (Å²) in [7, 11) is 0. The first-order valence-corrected chi connectivity index (χ1v) is 15.2. The highest BCUT2D eigenvalue weighted by Crippen LogP contribution is 2.35. The molecule has 0 saturated carbocycles. The molecule has 1 heterocycles. The average Bonchev–Trinajstić information content (AvgIpc) is 3.38. The molecule has 1 N–H and O–H groups in total. The lowest BCUT2D eigenvalue weighted by atomic mass is 9.80. The van der Waals surface area contributed by atoms with Crippen molar-refractivity contribution in [2.45, 2.75) is 52.6 Å². The van der Waals surface area contributed by atoms with Crippen molar-refractivity contribution in [1.82, 2.24) is 4.90 Å². The van der Waals surface area contributed by atoms with Crippen LogP contribution < -0.4 is 9.47 Å². The first kappa shape index (κ1) is 30.4. The number of aryl methyl sites for hydroxylation is 3. The summed E-state index contributed by atoms with van der Waals surface area (Å²) >= 11 is 1.67. The van der Waals surface area contributed by atoms with Crippen molar-refractivity contribution in [3.05, 3.63) is 82.3 Å². The number of carbonyl (C=O) groups excluding carboxylic acids is 2. The molecule has 0 spiro atoms. The van der Waals surface area contributed by atoms with E-state index in [1.165, 1.54) is 13.8 Å². The molecule has 2 aliphatic rings. The molecular formula is C33H39NO6S. The topological polar surface area (TPSA) is 93.1 Å². The van der Waals surface area contributed by atoms with Crippen LogP contribution in [0, 0.1) is 31.6 Å². The van der Waals surface area contributed by atoms with Crippen LogP contribution in [0.15, 0.2) is 65.6 Å². The van der Waals surface area contributed by atoms with Gasteiger partial charge in [0.15, 0.2) is 5.60 Å². The van der Waals surface area contributed by atoms with Crippen molar-refractivity contribution in [2.75, 3.05) is 19.3 Å². The van der Waals surface area contributed by atoms with E-state index in [0.717, 1.165) is 34.4 Å². The molecule has 1 saturated heterocycles. The second kappa shape index (κ2) is 13.0. The zero-order valence-corrected chi connectivity index (χ0v) is 25.2. The Labute approximate surface area is 246 Å². The molecule has 3 atom stereocenters. The zero-order chi connectivity index (χ0) is 29.7. The number of amides is 1. The van der Waals surface area contributed by atoms with Gasteiger partial charge in [-0.05, 0) is 88.0 Å². The number of carboxylic acid groups (broad SMARTS) is 1. The van der Waals surface area contributed by atoms with Crippen LogP contribution in [-0.4, -0.2) is 52.8 Å². The molecule has 41 heavy (non-hydrogen) atoms. The van der Waals surface area contributed by atoms with Crippen LogP contribution in [0.5, 0.6) is 11.5 Å². The third kappa shape index (κ3) is 7.41. The number of hydrogen-bond acceptors (Lipinski definition) is 6. The molecule has 2 aromatic carbocycles. The van der Waals surface area contributed by atoms with E-state index < -0.39 is 17.7 Å². The van der Waals surface area contributed by atoms with Crippen LogP contribution in [0.25, 0.3) is 0 Å². The molecular weight excluding hydrogens is 538 g/mol. The number of thioether (sulfide) groups is 1. The normalized spacial score (nSPS) is 20.5. The molecule has 7 nitrogen and oxygen atoms in total. The quantitative estimate of drug-likeness (QED) is 0.339. The molecule has 8 heteroatoms. The molecule has 1 amide bonds. The summed E-state index contributed by atoms with van der Waals surface area (Å²) in [5.74, 6) is -0.280. The maximum absolute atomic E-state index is 13.8. The van der Waals surface area contributed by atoms with Crippen LogP contribution in [0.4, 0.5) is 4.79 Å². The van der Waals surface area contributed by atoms with E-state index >= 15 is 0 Å². The van der Waals surface area contributed by atoms with Crippen LogP contribution in [-0.2, 0) is 16.0 Å². The second-order valence-corrected chi connectivity index (χ2v) is 12.3. The average molecular weight is 578 g/mol. The van der Waals surface area contributed by atoms with Crippen LogP contribution in [0.3, 0.4) is 0 Å². The Balaban J connectivity index is 1.49. The van der Waals surface area contributed by atoms with Crippen molar-refractivity contribution < 1.29 is 29.0 Å². The van der Waals surface area contributed by atoms with Gasteiger partial charge in [0.05, 0.1) is 0 Å². The fourth-order valence-corrected chi connectivity index (χ4v) is 6.00. The number of carbonyl (C=O) groups is 3. The molecule has 1 aliphatic heterocycles. The molecule has 0 radical (unpaired) electrons. The number of nitrogens with zero attached hydrogens (tertiary/aromatic N) is 1. The number of allylic oxidation sites excluding steroid dienone is 3. The number of para-hydroxylation sites is 1. The molecule has 1 unspecified atom stereocenters. The van der Waals surface area contributed by atoms with Gasteiger partial charge in [-0.25, -0.2) is 9.59 Å². The van der Waals surface area contributed by atoms with Gasteiger partial charge in [0.25, 0.3) is 0 Å². The fourth-order valence-electron chi connectivity index (χ4n) is 5.52. The third-order valence-corrected chi connectivity index (χ3v) is 8.65. The summed E-state index contributed by atoms with van der Waals surface area (Å²) in [5, 5.41) is 9.48. The number of rotatable bonds is 10.